The Morgan fingerprint density at radius 2 is 2.31 bits per heavy atom. The van der Waals surface area contributed by atoms with Gasteiger partial charge in [0.05, 0.1) is 24.4 Å². The third kappa shape index (κ3) is 1.87. The minimum Gasteiger partial charge on any atom is -0.394 e. The number of aliphatic hydroxyl groups is 1. The van der Waals surface area contributed by atoms with Crippen LogP contribution in [0, 0.1) is 0 Å². The third-order valence-electron chi connectivity index (χ3n) is 3.16. The number of hydrogen-bond acceptors (Lipinski definition) is 3. The molecule has 2 rings (SSSR count). The first-order chi connectivity index (χ1) is 6.24. The molecule has 13 heavy (non-hydrogen) atoms. The van der Waals surface area contributed by atoms with Crippen LogP contribution in [0.1, 0.15) is 32.6 Å². The van der Waals surface area contributed by atoms with Crippen molar-refractivity contribution >= 4 is 0 Å². The summed E-state index contributed by atoms with van der Waals surface area (Å²) < 4.78 is 11.4. The zero-order valence-corrected chi connectivity index (χ0v) is 8.16. The second kappa shape index (κ2) is 3.56. The Morgan fingerprint density at radius 3 is 2.92 bits per heavy atom. The summed E-state index contributed by atoms with van der Waals surface area (Å²) in [6, 6.07) is 0. The molecule has 0 amide bonds. The van der Waals surface area contributed by atoms with E-state index in [9.17, 15) is 0 Å². The molecule has 0 unspecified atom stereocenters. The lowest BCUT2D eigenvalue weighted by atomic mass is 9.88. The highest BCUT2D eigenvalue weighted by molar-refractivity contribution is 4.92. The van der Waals surface area contributed by atoms with Gasteiger partial charge in [0.15, 0.2) is 0 Å². The van der Waals surface area contributed by atoms with E-state index in [0.29, 0.717) is 6.10 Å². The van der Waals surface area contributed by atoms with Gasteiger partial charge in [-0.2, -0.15) is 0 Å². The summed E-state index contributed by atoms with van der Waals surface area (Å²) in [5.74, 6) is 0. The van der Waals surface area contributed by atoms with Crippen molar-refractivity contribution in [2.75, 3.05) is 13.2 Å². The van der Waals surface area contributed by atoms with E-state index in [4.69, 9.17) is 14.6 Å². The van der Waals surface area contributed by atoms with E-state index in [1.807, 2.05) is 0 Å². The first-order valence-electron chi connectivity index (χ1n) is 5.14. The van der Waals surface area contributed by atoms with Crippen LogP contribution in [0.15, 0.2) is 0 Å². The fourth-order valence-electron chi connectivity index (χ4n) is 2.49. The Kier molecular flexibility index (Phi) is 2.58. The van der Waals surface area contributed by atoms with Crippen molar-refractivity contribution in [3.8, 4) is 0 Å². The fraction of sp³-hybridized carbons (Fsp3) is 1.00. The molecule has 0 saturated carbocycles. The Balaban J connectivity index is 1.97. The first-order valence-corrected chi connectivity index (χ1v) is 5.14. The molecule has 3 atom stereocenters. The third-order valence-corrected chi connectivity index (χ3v) is 3.16. The Morgan fingerprint density at radius 1 is 1.46 bits per heavy atom. The minimum atomic E-state index is 0.0328. The molecular formula is C10H18O3. The van der Waals surface area contributed by atoms with E-state index in [1.165, 1.54) is 0 Å². The summed E-state index contributed by atoms with van der Waals surface area (Å²) in [5.41, 5.74) is 0.0328. The molecular weight excluding hydrogens is 168 g/mol. The van der Waals surface area contributed by atoms with E-state index in [0.717, 1.165) is 32.3 Å². The van der Waals surface area contributed by atoms with E-state index < -0.39 is 0 Å². The normalized spacial score (nSPS) is 45.7. The molecule has 76 valence electrons. The van der Waals surface area contributed by atoms with Crippen LogP contribution in [-0.4, -0.2) is 36.1 Å². The summed E-state index contributed by atoms with van der Waals surface area (Å²) >= 11 is 0. The van der Waals surface area contributed by atoms with E-state index in [2.05, 4.69) is 6.92 Å². The Bertz CT molecular complexity index is 183. The summed E-state index contributed by atoms with van der Waals surface area (Å²) in [5, 5.41) is 8.99. The van der Waals surface area contributed by atoms with Gasteiger partial charge in [-0.1, -0.05) is 0 Å². The highest BCUT2D eigenvalue weighted by atomic mass is 16.5. The van der Waals surface area contributed by atoms with Crippen LogP contribution in [-0.2, 0) is 9.47 Å². The summed E-state index contributed by atoms with van der Waals surface area (Å²) in [7, 11) is 0. The first kappa shape index (κ1) is 9.44. The average Bonchev–Trinajstić information content (AvgIpc) is 2.48. The minimum absolute atomic E-state index is 0.0328. The van der Waals surface area contributed by atoms with E-state index in [1.54, 1.807) is 0 Å². The second-order valence-corrected chi connectivity index (χ2v) is 4.28. The quantitative estimate of drug-likeness (QED) is 0.666. The maximum Gasteiger partial charge on any atom is 0.0814 e. The molecule has 0 aromatic heterocycles. The molecule has 3 heteroatoms. The van der Waals surface area contributed by atoms with Gasteiger partial charge < -0.3 is 14.6 Å². The van der Waals surface area contributed by atoms with Crippen molar-refractivity contribution in [3.63, 3.8) is 0 Å². The van der Waals surface area contributed by atoms with Crippen LogP contribution in [0.5, 0.6) is 0 Å². The lowest BCUT2D eigenvalue weighted by Crippen LogP contribution is -2.40. The molecule has 0 aliphatic carbocycles. The fourth-order valence-corrected chi connectivity index (χ4v) is 2.49. The van der Waals surface area contributed by atoms with Gasteiger partial charge >= 0.3 is 0 Å². The lowest BCUT2D eigenvalue weighted by molar-refractivity contribution is -0.133. The lowest BCUT2D eigenvalue weighted by Gasteiger charge is -2.36. The molecule has 2 aliphatic rings. The molecule has 2 fully saturated rings. The molecule has 0 aromatic rings. The maximum atomic E-state index is 8.99. The molecule has 1 N–H and O–H groups in total. The highest BCUT2D eigenvalue weighted by Gasteiger charge is 2.42. The number of rotatable bonds is 1. The van der Waals surface area contributed by atoms with Crippen LogP contribution >= 0.6 is 0 Å². The largest absolute Gasteiger partial charge is 0.394 e. The van der Waals surface area contributed by atoms with Crippen molar-refractivity contribution < 1.29 is 14.6 Å². The predicted octanol–water partition coefficient (Wildman–Crippen LogP) is 1.10. The van der Waals surface area contributed by atoms with Crippen molar-refractivity contribution in [1.29, 1.82) is 0 Å². The standard InChI is InChI=1S/C10H18O3/c1-8-6-10(4-5-12-8)3-2-9(7-11)13-10/h8-9,11H,2-7H2,1H3/t8-,9+,10-/m1/s1. The van der Waals surface area contributed by atoms with Gasteiger partial charge in [-0.05, 0) is 26.2 Å². The zero-order chi connectivity index (χ0) is 9.31. The smallest absolute Gasteiger partial charge is 0.0814 e. The summed E-state index contributed by atoms with van der Waals surface area (Å²) in [4.78, 5) is 0. The van der Waals surface area contributed by atoms with E-state index in [-0.39, 0.29) is 18.3 Å². The van der Waals surface area contributed by atoms with Crippen LogP contribution in [0.3, 0.4) is 0 Å². The predicted molar refractivity (Wildman–Crippen MR) is 48.6 cm³/mol. The van der Waals surface area contributed by atoms with Gasteiger partial charge in [-0.15, -0.1) is 0 Å². The second-order valence-electron chi connectivity index (χ2n) is 4.28. The molecule has 2 saturated heterocycles. The van der Waals surface area contributed by atoms with Gasteiger partial charge in [0.2, 0.25) is 0 Å². The molecule has 0 aromatic carbocycles. The van der Waals surface area contributed by atoms with Crippen molar-refractivity contribution in [3.05, 3.63) is 0 Å². The van der Waals surface area contributed by atoms with Crippen LogP contribution in [0.2, 0.25) is 0 Å². The number of aliphatic hydroxyl groups excluding tert-OH is 1. The molecule has 2 aliphatic heterocycles. The molecule has 1 spiro atoms. The topological polar surface area (TPSA) is 38.7 Å². The van der Waals surface area contributed by atoms with Gasteiger partial charge in [-0.3, -0.25) is 0 Å². The molecule has 3 nitrogen and oxygen atoms in total. The highest BCUT2D eigenvalue weighted by Crippen LogP contribution is 2.39. The summed E-state index contributed by atoms with van der Waals surface area (Å²) in [6.45, 7) is 3.06. The van der Waals surface area contributed by atoms with Crippen LogP contribution in [0.25, 0.3) is 0 Å². The number of hydrogen-bond donors (Lipinski definition) is 1. The molecule has 2 heterocycles. The molecule has 0 bridgehead atoms. The Hall–Kier alpha value is -0.120. The maximum absolute atomic E-state index is 8.99. The van der Waals surface area contributed by atoms with Gasteiger partial charge in [0.1, 0.15) is 0 Å². The Labute approximate surface area is 79.0 Å². The van der Waals surface area contributed by atoms with Crippen molar-refractivity contribution in [1.82, 2.24) is 0 Å². The van der Waals surface area contributed by atoms with E-state index >= 15 is 0 Å². The average molecular weight is 186 g/mol. The monoisotopic (exact) mass is 186 g/mol. The van der Waals surface area contributed by atoms with Crippen LogP contribution in [0.4, 0.5) is 0 Å². The number of ether oxygens (including phenoxy) is 2. The SMILES string of the molecule is C[C@@H]1C[C@]2(CCO1)CC[C@@H](CO)O2. The zero-order valence-electron chi connectivity index (χ0n) is 8.16. The van der Waals surface area contributed by atoms with Gasteiger partial charge in [0, 0.05) is 13.0 Å². The molecule has 0 radical (unpaired) electrons. The summed E-state index contributed by atoms with van der Waals surface area (Å²) in [6.07, 6.45) is 4.46. The van der Waals surface area contributed by atoms with Gasteiger partial charge in [0.25, 0.3) is 0 Å². The van der Waals surface area contributed by atoms with Crippen LogP contribution < -0.4 is 0 Å². The van der Waals surface area contributed by atoms with Gasteiger partial charge in [-0.25, -0.2) is 0 Å². The van der Waals surface area contributed by atoms with Crippen molar-refractivity contribution in [2.45, 2.75) is 50.4 Å². The van der Waals surface area contributed by atoms with Crippen molar-refractivity contribution in [2.24, 2.45) is 0 Å².